The Morgan fingerprint density at radius 1 is 0.456 bits per heavy atom. The van der Waals surface area contributed by atoms with Crippen LogP contribution in [0.4, 0.5) is 0 Å². The van der Waals surface area contributed by atoms with E-state index in [0.29, 0.717) is 25.7 Å². The molecular formula is C53H80O15. The minimum absolute atomic E-state index is 0.0171. The van der Waals surface area contributed by atoms with Crippen LogP contribution < -0.4 is 0 Å². The van der Waals surface area contributed by atoms with Gasteiger partial charge in [-0.1, -0.05) is 135 Å². The van der Waals surface area contributed by atoms with Crippen molar-refractivity contribution < 1.29 is 73.8 Å². The van der Waals surface area contributed by atoms with Gasteiger partial charge in [-0.05, 0) is 77.0 Å². The molecule has 15 nitrogen and oxygen atoms in total. The molecule has 2 heterocycles. The number of aliphatic hydroxyl groups is 7. The van der Waals surface area contributed by atoms with Crippen molar-refractivity contribution in [2.24, 2.45) is 0 Å². The molecule has 2 rings (SSSR count). The summed E-state index contributed by atoms with van der Waals surface area (Å²) < 4.78 is 33.3. The summed E-state index contributed by atoms with van der Waals surface area (Å²) in [5, 5.41) is 72.0. The summed E-state index contributed by atoms with van der Waals surface area (Å²) in [6, 6.07) is 0. The number of hydrogen-bond donors (Lipinski definition) is 7. The number of aliphatic hydroxyl groups excluding tert-OH is 7. The van der Waals surface area contributed by atoms with Gasteiger partial charge >= 0.3 is 11.9 Å². The van der Waals surface area contributed by atoms with Gasteiger partial charge in [0.25, 0.3) is 0 Å². The maximum Gasteiger partial charge on any atom is 0.306 e. The largest absolute Gasteiger partial charge is 0.462 e. The van der Waals surface area contributed by atoms with Crippen LogP contribution in [0, 0.1) is 0 Å². The number of carbonyl (C=O) groups excluding carboxylic acids is 2. The molecule has 0 aliphatic carbocycles. The average molecular weight is 957 g/mol. The van der Waals surface area contributed by atoms with Crippen molar-refractivity contribution in [3.8, 4) is 0 Å². The molecule has 0 aromatic heterocycles. The quantitative estimate of drug-likeness (QED) is 0.0284. The van der Waals surface area contributed by atoms with Gasteiger partial charge in [0.15, 0.2) is 18.7 Å². The fourth-order valence-electron chi connectivity index (χ4n) is 6.55. The van der Waals surface area contributed by atoms with Crippen LogP contribution in [-0.4, -0.2) is 142 Å². The van der Waals surface area contributed by atoms with Crippen molar-refractivity contribution in [1.29, 1.82) is 0 Å². The van der Waals surface area contributed by atoms with Crippen LogP contribution in [0.2, 0.25) is 0 Å². The smallest absolute Gasteiger partial charge is 0.306 e. The Bertz CT molecular complexity index is 1640. The summed E-state index contributed by atoms with van der Waals surface area (Å²) in [4.78, 5) is 25.6. The molecule has 0 saturated carbocycles. The molecule has 7 N–H and O–H groups in total. The van der Waals surface area contributed by atoms with Crippen LogP contribution in [0.15, 0.2) is 122 Å². The first kappa shape index (κ1) is 60.0. The Hall–Kier alpha value is -4.10. The Morgan fingerprint density at radius 3 is 1.25 bits per heavy atom. The fourth-order valence-corrected chi connectivity index (χ4v) is 6.55. The maximum absolute atomic E-state index is 12.9. The van der Waals surface area contributed by atoms with Crippen molar-refractivity contribution >= 4 is 11.9 Å². The van der Waals surface area contributed by atoms with E-state index < -0.39 is 99.3 Å². The highest BCUT2D eigenvalue weighted by atomic mass is 16.7. The highest BCUT2D eigenvalue weighted by molar-refractivity contribution is 5.70. The molecule has 11 atom stereocenters. The molecule has 382 valence electrons. The van der Waals surface area contributed by atoms with E-state index >= 15 is 0 Å². The van der Waals surface area contributed by atoms with Crippen LogP contribution in [-0.2, 0) is 38.0 Å². The molecule has 0 spiro atoms. The molecule has 0 aromatic carbocycles. The predicted molar refractivity (Wildman–Crippen MR) is 261 cm³/mol. The molecule has 15 heteroatoms. The van der Waals surface area contributed by atoms with Gasteiger partial charge in [0.05, 0.1) is 19.8 Å². The van der Waals surface area contributed by atoms with Gasteiger partial charge in [0, 0.05) is 12.8 Å². The first-order valence-corrected chi connectivity index (χ1v) is 24.1. The third-order valence-corrected chi connectivity index (χ3v) is 10.5. The molecular weight excluding hydrogens is 877 g/mol. The summed E-state index contributed by atoms with van der Waals surface area (Å²) in [6.45, 7) is 2.15. The highest BCUT2D eigenvalue weighted by Crippen LogP contribution is 2.26. The second-order valence-electron chi connectivity index (χ2n) is 16.2. The van der Waals surface area contributed by atoms with Gasteiger partial charge in [0.2, 0.25) is 0 Å². The van der Waals surface area contributed by atoms with Crippen LogP contribution in [0.3, 0.4) is 0 Å². The number of esters is 2. The lowest BCUT2D eigenvalue weighted by atomic mass is 9.98. The molecule has 2 saturated heterocycles. The SMILES string of the molecule is CC/C=C\C/C=C\C/C=C\C/C=C\C/C=C\C/C=C\CCC(=O)OC(COC(=O)CC/C=C\C/C=C\C/C=C\C/C=C\CC)COC1OC(COC2OC(CO)C(O)C(O)C2O)C(O)C(O)C1O. The Labute approximate surface area is 403 Å². The summed E-state index contributed by atoms with van der Waals surface area (Å²) in [7, 11) is 0. The third kappa shape index (κ3) is 26.6. The third-order valence-electron chi connectivity index (χ3n) is 10.5. The average Bonchev–Trinajstić information content (AvgIpc) is 3.33. The van der Waals surface area contributed by atoms with E-state index in [1.54, 1.807) is 0 Å². The van der Waals surface area contributed by atoms with E-state index in [1.165, 1.54) is 0 Å². The number of allylic oxidation sites excluding steroid dienone is 20. The minimum Gasteiger partial charge on any atom is -0.462 e. The maximum atomic E-state index is 12.9. The highest BCUT2D eigenvalue weighted by Gasteiger charge is 2.47. The molecule has 0 bridgehead atoms. The Morgan fingerprint density at radius 2 is 0.824 bits per heavy atom. The van der Waals surface area contributed by atoms with Crippen molar-refractivity contribution in [2.45, 2.75) is 171 Å². The molecule has 0 radical (unpaired) electrons. The summed E-state index contributed by atoms with van der Waals surface area (Å²) in [5.41, 5.74) is 0. The number of ether oxygens (including phenoxy) is 6. The second-order valence-corrected chi connectivity index (χ2v) is 16.2. The molecule has 2 aliphatic rings. The van der Waals surface area contributed by atoms with Gasteiger partial charge in [-0.25, -0.2) is 0 Å². The van der Waals surface area contributed by atoms with Crippen LogP contribution >= 0.6 is 0 Å². The van der Waals surface area contributed by atoms with E-state index in [1.807, 2.05) is 36.5 Å². The number of hydrogen-bond acceptors (Lipinski definition) is 15. The molecule has 2 aliphatic heterocycles. The molecule has 2 fully saturated rings. The van der Waals surface area contributed by atoms with Gasteiger partial charge < -0.3 is 64.2 Å². The van der Waals surface area contributed by atoms with Crippen LogP contribution in [0.5, 0.6) is 0 Å². The zero-order valence-electron chi connectivity index (χ0n) is 40.0. The molecule has 68 heavy (non-hydrogen) atoms. The topological polar surface area (TPSA) is 231 Å². The lowest BCUT2D eigenvalue weighted by molar-refractivity contribution is -0.332. The van der Waals surface area contributed by atoms with Gasteiger partial charge in [-0.2, -0.15) is 0 Å². The van der Waals surface area contributed by atoms with E-state index in [2.05, 4.69) is 98.9 Å². The lowest BCUT2D eigenvalue weighted by Gasteiger charge is -2.42. The normalized spacial score (nSPS) is 26.8. The van der Waals surface area contributed by atoms with Gasteiger partial charge in [-0.3, -0.25) is 9.59 Å². The second kappa shape index (κ2) is 38.7. The molecule has 0 amide bonds. The fraction of sp³-hybridized carbons (Fsp3) is 0.585. The summed E-state index contributed by atoms with van der Waals surface area (Å²) >= 11 is 0. The van der Waals surface area contributed by atoms with E-state index in [9.17, 15) is 45.3 Å². The standard InChI is InChI=1S/C53H80O15/c1-3-5-7-9-11-13-15-17-18-19-20-21-22-24-26-28-30-32-34-36-45(56)66-41(38-63-44(55)35-33-31-29-27-25-23-16-14-12-10-8-6-4-2)39-64-52-51(62)49(60)47(58)43(68-52)40-65-53-50(61)48(59)46(57)42(37-54)67-53/h5-8,11-14,17-18,20-21,23-26,29-32,41-43,46-54,57-62H,3-4,9-10,15-16,19,22,27-28,33-40H2,1-2H3/b7-5-,8-6-,13-11-,14-12-,18-17-,21-20-,25-23-,26-24-,31-29-,32-30-. The Kier molecular flexibility index (Phi) is 34.2. The first-order chi connectivity index (χ1) is 33.0. The van der Waals surface area contributed by atoms with Crippen molar-refractivity contribution in [3.63, 3.8) is 0 Å². The van der Waals surface area contributed by atoms with E-state index in [0.717, 1.165) is 51.4 Å². The van der Waals surface area contributed by atoms with Crippen LogP contribution in [0.1, 0.15) is 104 Å². The monoisotopic (exact) mass is 957 g/mol. The number of rotatable bonds is 34. The van der Waals surface area contributed by atoms with Crippen molar-refractivity contribution in [1.82, 2.24) is 0 Å². The van der Waals surface area contributed by atoms with E-state index in [-0.39, 0.29) is 19.4 Å². The van der Waals surface area contributed by atoms with Gasteiger partial charge in [-0.15, -0.1) is 0 Å². The Balaban J connectivity index is 1.90. The number of carbonyl (C=O) groups is 2. The predicted octanol–water partition coefficient (Wildman–Crippen LogP) is 6.15. The van der Waals surface area contributed by atoms with Crippen molar-refractivity contribution in [3.05, 3.63) is 122 Å². The zero-order valence-corrected chi connectivity index (χ0v) is 40.0. The first-order valence-electron chi connectivity index (χ1n) is 24.1. The summed E-state index contributed by atoms with van der Waals surface area (Å²) in [5.74, 6) is -1.13. The summed E-state index contributed by atoms with van der Waals surface area (Å²) in [6.07, 6.45) is 34.1. The molecule has 11 unspecified atom stereocenters. The lowest BCUT2D eigenvalue weighted by Crippen LogP contribution is -2.61. The minimum atomic E-state index is -1.80. The molecule has 0 aromatic rings. The van der Waals surface area contributed by atoms with Crippen molar-refractivity contribution in [2.75, 3.05) is 26.4 Å². The van der Waals surface area contributed by atoms with Crippen LogP contribution in [0.25, 0.3) is 0 Å². The van der Waals surface area contributed by atoms with E-state index in [4.69, 9.17) is 28.4 Å². The van der Waals surface area contributed by atoms with Gasteiger partial charge in [0.1, 0.15) is 55.4 Å². The zero-order chi connectivity index (χ0) is 49.6.